The van der Waals surface area contributed by atoms with Gasteiger partial charge in [0.2, 0.25) is 0 Å². The van der Waals surface area contributed by atoms with Gasteiger partial charge >= 0.3 is 6.02 Å². The van der Waals surface area contributed by atoms with Crippen LogP contribution >= 0.6 is 0 Å². The van der Waals surface area contributed by atoms with Crippen LogP contribution in [0.25, 0.3) is 0 Å². The van der Waals surface area contributed by atoms with Crippen molar-refractivity contribution in [1.29, 1.82) is 0 Å². The molecule has 2 aliphatic rings. The Hall–Kier alpha value is -3.35. The number of fused-ring (bicyclic) bond motifs is 1. The van der Waals surface area contributed by atoms with Crippen LogP contribution in [0.15, 0.2) is 70.0 Å². The van der Waals surface area contributed by atoms with Gasteiger partial charge in [0.05, 0.1) is 24.7 Å². The van der Waals surface area contributed by atoms with Crippen LogP contribution in [-0.4, -0.2) is 33.6 Å². The molecule has 2 aromatic rings. The number of rotatable bonds is 3. The van der Waals surface area contributed by atoms with Gasteiger partial charge in [-0.15, -0.1) is 0 Å². The Kier molecular flexibility index (Phi) is 3.59. The Morgan fingerprint density at radius 2 is 2.04 bits per heavy atom. The van der Waals surface area contributed by atoms with E-state index < -0.39 is 5.92 Å². The maximum absolute atomic E-state index is 12.0. The lowest BCUT2D eigenvalue weighted by atomic mass is 10.0. The molecule has 0 bridgehead atoms. The molecule has 2 aliphatic heterocycles. The number of benzene rings is 1. The second-order valence-electron chi connectivity index (χ2n) is 5.33. The predicted octanol–water partition coefficient (Wildman–Crippen LogP) is 1.86. The fourth-order valence-electron chi connectivity index (χ4n) is 2.45. The maximum Gasteiger partial charge on any atom is 0.325 e. The second-order valence-corrected chi connectivity index (χ2v) is 5.33. The highest BCUT2D eigenvalue weighted by molar-refractivity contribution is 6.40. The number of amides is 1. The van der Waals surface area contributed by atoms with Crippen LogP contribution in [0.4, 0.5) is 0 Å². The minimum atomic E-state index is -0.462. The minimum absolute atomic E-state index is 0.00672. The largest absolute Gasteiger partial charge is 0.421 e. The zero-order valence-electron chi connectivity index (χ0n) is 12.6. The first kappa shape index (κ1) is 14.3. The summed E-state index contributed by atoms with van der Waals surface area (Å²) in [5, 5.41) is 4.24. The molecule has 7 heteroatoms. The molecule has 0 spiro atoms. The van der Waals surface area contributed by atoms with Crippen LogP contribution in [0.2, 0.25) is 0 Å². The molecule has 7 nitrogen and oxygen atoms in total. The summed E-state index contributed by atoms with van der Waals surface area (Å²) < 4.78 is 7.31. The van der Waals surface area contributed by atoms with Crippen molar-refractivity contribution in [2.75, 3.05) is 0 Å². The number of carbonyl (C=O) groups excluding carboxylic acids is 1. The number of hydrogen-bond donors (Lipinski definition) is 0. The van der Waals surface area contributed by atoms with Gasteiger partial charge in [-0.25, -0.2) is 0 Å². The first-order valence-corrected chi connectivity index (χ1v) is 7.43. The molecule has 24 heavy (non-hydrogen) atoms. The standard InChI is InChI=1S/C17H13N5O2/c23-16-14-6-7-18-9-15(14)20-17(21-16)24-13-8-19-22(11-13)10-12-4-2-1-3-5-12/h1-9,11,14H,10H2. The fourth-order valence-corrected chi connectivity index (χ4v) is 2.45. The number of ether oxygens (including phenoxy) is 1. The summed E-state index contributed by atoms with van der Waals surface area (Å²) in [6.07, 6.45) is 8.08. The molecule has 118 valence electrons. The first-order chi connectivity index (χ1) is 11.8. The van der Waals surface area contributed by atoms with Crippen molar-refractivity contribution in [3.8, 4) is 5.75 Å². The molecule has 1 aromatic carbocycles. The minimum Gasteiger partial charge on any atom is -0.421 e. The van der Waals surface area contributed by atoms with Gasteiger partial charge in [-0.05, 0) is 11.6 Å². The van der Waals surface area contributed by atoms with Gasteiger partial charge in [-0.2, -0.15) is 15.1 Å². The van der Waals surface area contributed by atoms with Gasteiger partial charge in [0.15, 0.2) is 5.75 Å². The quantitative estimate of drug-likeness (QED) is 0.866. The monoisotopic (exact) mass is 319 g/mol. The molecular formula is C17H13N5O2. The van der Waals surface area contributed by atoms with E-state index in [1.807, 2.05) is 30.3 Å². The molecule has 1 atom stereocenters. The molecular weight excluding hydrogens is 306 g/mol. The summed E-state index contributed by atoms with van der Waals surface area (Å²) in [4.78, 5) is 24.1. The first-order valence-electron chi connectivity index (χ1n) is 7.43. The SMILES string of the molecule is O=C1N=C(Oc2cnn(Cc3ccccc3)c2)N=C2C=NC=CC12. The van der Waals surface area contributed by atoms with E-state index in [1.165, 1.54) is 0 Å². The Morgan fingerprint density at radius 3 is 2.92 bits per heavy atom. The van der Waals surface area contributed by atoms with Crippen LogP contribution in [0, 0.1) is 5.92 Å². The van der Waals surface area contributed by atoms with Gasteiger partial charge < -0.3 is 4.74 Å². The summed E-state index contributed by atoms with van der Waals surface area (Å²) in [5.74, 6) is -0.298. The number of aromatic nitrogens is 2. The molecule has 0 N–H and O–H groups in total. The highest BCUT2D eigenvalue weighted by atomic mass is 16.5. The van der Waals surface area contributed by atoms with Gasteiger partial charge in [0.1, 0.15) is 5.92 Å². The Balaban J connectivity index is 1.48. The third kappa shape index (κ3) is 2.91. The van der Waals surface area contributed by atoms with Crippen molar-refractivity contribution in [3.63, 3.8) is 0 Å². The molecule has 0 radical (unpaired) electrons. The number of aliphatic imine (C=N–C) groups is 3. The van der Waals surface area contributed by atoms with E-state index in [2.05, 4.69) is 20.1 Å². The highest BCUT2D eigenvalue weighted by Crippen LogP contribution is 2.17. The maximum atomic E-state index is 12.0. The number of nitrogens with zero attached hydrogens (tertiary/aromatic N) is 5. The summed E-state index contributed by atoms with van der Waals surface area (Å²) >= 11 is 0. The highest BCUT2D eigenvalue weighted by Gasteiger charge is 2.28. The van der Waals surface area contributed by atoms with Crippen LogP contribution in [0.1, 0.15) is 5.56 Å². The second kappa shape index (κ2) is 6.04. The summed E-state index contributed by atoms with van der Waals surface area (Å²) in [6, 6.07) is 9.97. The van der Waals surface area contributed by atoms with Gasteiger partial charge in [-0.3, -0.25) is 14.5 Å². The topological polar surface area (TPSA) is 81.2 Å². The smallest absolute Gasteiger partial charge is 0.325 e. The molecule has 1 unspecified atom stereocenters. The van der Waals surface area contributed by atoms with Crippen molar-refractivity contribution in [3.05, 3.63) is 60.6 Å². The molecule has 0 aliphatic carbocycles. The third-order valence-electron chi connectivity index (χ3n) is 3.59. The molecule has 0 saturated heterocycles. The zero-order valence-corrected chi connectivity index (χ0v) is 12.6. The molecule has 3 heterocycles. The predicted molar refractivity (Wildman–Crippen MR) is 89.4 cm³/mol. The molecule has 4 rings (SSSR count). The van der Waals surface area contributed by atoms with Gasteiger partial charge in [-0.1, -0.05) is 30.3 Å². The normalized spacial score (nSPS) is 18.8. The Morgan fingerprint density at radius 1 is 1.17 bits per heavy atom. The Labute approximate surface area is 137 Å². The number of carbonyl (C=O) groups is 1. The van der Waals surface area contributed by atoms with E-state index in [9.17, 15) is 4.79 Å². The van der Waals surface area contributed by atoms with Crippen LogP contribution in [-0.2, 0) is 11.3 Å². The number of hydrogen-bond acceptors (Lipinski definition) is 5. The van der Waals surface area contributed by atoms with E-state index >= 15 is 0 Å². The molecule has 0 saturated carbocycles. The van der Waals surface area contributed by atoms with Crippen molar-refractivity contribution in [2.24, 2.45) is 20.9 Å². The average Bonchev–Trinajstić information content (AvgIpc) is 3.03. The van der Waals surface area contributed by atoms with Gasteiger partial charge in [0, 0.05) is 12.4 Å². The molecule has 1 amide bonds. The zero-order chi connectivity index (χ0) is 16.4. The fraction of sp³-hybridized carbons (Fsp3) is 0.118. The van der Waals surface area contributed by atoms with Crippen LogP contribution in [0.3, 0.4) is 0 Å². The van der Waals surface area contributed by atoms with Crippen molar-refractivity contribution >= 4 is 23.9 Å². The van der Waals surface area contributed by atoms with E-state index in [4.69, 9.17) is 4.74 Å². The summed E-state index contributed by atoms with van der Waals surface area (Å²) in [7, 11) is 0. The van der Waals surface area contributed by atoms with Crippen LogP contribution < -0.4 is 4.74 Å². The lowest BCUT2D eigenvalue weighted by Crippen LogP contribution is -2.30. The lowest BCUT2D eigenvalue weighted by Gasteiger charge is -2.16. The average molecular weight is 319 g/mol. The summed E-state index contributed by atoms with van der Waals surface area (Å²) in [5.41, 5.74) is 1.66. The van der Waals surface area contributed by atoms with Crippen molar-refractivity contribution < 1.29 is 9.53 Å². The lowest BCUT2D eigenvalue weighted by molar-refractivity contribution is -0.118. The van der Waals surface area contributed by atoms with Crippen molar-refractivity contribution in [2.45, 2.75) is 6.54 Å². The van der Waals surface area contributed by atoms with Gasteiger partial charge in [0.25, 0.3) is 5.91 Å². The van der Waals surface area contributed by atoms with E-state index in [-0.39, 0.29) is 11.9 Å². The third-order valence-corrected chi connectivity index (χ3v) is 3.59. The van der Waals surface area contributed by atoms with E-state index in [1.54, 1.807) is 35.6 Å². The van der Waals surface area contributed by atoms with Crippen molar-refractivity contribution in [1.82, 2.24) is 9.78 Å². The van der Waals surface area contributed by atoms with E-state index in [0.29, 0.717) is 18.0 Å². The molecule has 0 fully saturated rings. The van der Waals surface area contributed by atoms with E-state index in [0.717, 1.165) is 5.56 Å². The Bertz CT molecular complexity index is 893. The summed E-state index contributed by atoms with van der Waals surface area (Å²) in [6.45, 7) is 0.629. The van der Waals surface area contributed by atoms with Crippen LogP contribution in [0.5, 0.6) is 5.75 Å². The molecule has 1 aromatic heterocycles. The number of amidine groups is 1.